The van der Waals surface area contributed by atoms with Crippen molar-refractivity contribution in [3.05, 3.63) is 42.0 Å². The van der Waals surface area contributed by atoms with E-state index in [0.717, 1.165) is 11.5 Å². The van der Waals surface area contributed by atoms with Crippen LogP contribution in [-0.2, 0) is 4.74 Å². The predicted octanol–water partition coefficient (Wildman–Crippen LogP) is 3.20. The van der Waals surface area contributed by atoms with Gasteiger partial charge in [0.15, 0.2) is 0 Å². The molecule has 1 aromatic heterocycles. The molecule has 0 radical (unpaired) electrons. The van der Waals surface area contributed by atoms with Crippen molar-refractivity contribution < 1.29 is 9.53 Å². The Morgan fingerprint density at radius 1 is 1.24 bits per heavy atom. The highest BCUT2D eigenvalue weighted by molar-refractivity contribution is 5.85. The van der Waals surface area contributed by atoms with Gasteiger partial charge in [-0.2, -0.15) is 0 Å². The fraction of sp³-hybridized carbons (Fsp3) is 0.438. The van der Waals surface area contributed by atoms with E-state index < -0.39 is 5.97 Å². The highest BCUT2D eigenvalue weighted by Crippen LogP contribution is 2.24. The standard InChI is InChI=1S/C16H21N3O2/c1-5-21-16(20)14-17-15(12(4)11(2)3)19(18-14)13-9-7-6-8-10-13/h6-12H,5H2,1-4H3. The minimum absolute atomic E-state index is 0.114. The lowest BCUT2D eigenvalue weighted by Crippen LogP contribution is -2.10. The smallest absolute Gasteiger partial charge is 0.378 e. The average molecular weight is 287 g/mol. The molecule has 1 unspecified atom stereocenters. The molecule has 5 heteroatoms. The summed E-state index contributed by atoms with van der Waals surface area (Å²) in [5.74, 6) is 0.986. The summed E-state index contributed by atoms with van der Waals surface area (Å²) >= 11 is 0. The fourth-order valence-electron chi connectivity index (χ4n) is 1.96. The minimum Gasteiger partial charge on any atom is -0.460 e. The molecule has 2 rings (SSSR count). The highest BCUT2D eigenvalue weighted by Gasteiger charge is 2.23. The van der Waals surface area contributed by atoms with E-state index in [0.29, 0.717) is 12.5 Å². The maximum atomic E-state index is 11.9. The van der Waals surface area contributed by atoms with E-state index in [9.17, 15) is 4.79 Å². The molecular weight excluding hydrogens is 266 g/mol. The van der Waals surface area contributed by atoms with Gasteiger partial charge in [0.2, 0.25) is 0 Å². The predicted molar refractivity (Wildman–Crippen MR) is 80.6 cm³/mol. The number of benzene rings is 1. The molecule has 0 fully saturated rings. The molecule has 2 aromatic rings. The molecular formula is C16H21N3O2. The largest absolute Gasteiger partial charge is 0.460 e. The van der Waals surface area contributed by atoms with Gasteiger partial charge >= 0.3 is 5.97 Å². The molecule has 0 spiro atoms. The molecule has 5 nitrogen and oxygen atoms in total. The average Bonchev–Trinajstić information content (AvgIpc) is 2.92. The molecule has 1 heterocycles. The van der Waals surface area contributed by atoms with Gasteiger partial charge in [-0.1, -0.05) is 39.0 Å². The van der Waals surface area contributed by atoms with Crippen molar-refractivity contribution in [3.63, 3.8) is 0 Å². The first-order chi connectivity index (χ1) is 10.0. The van der Waals surface area contributed by atoms with E-state index >= 15 is 0 Å². The van der Waals surface area contributed by atoms with Gasteiger partial charge in [0.05, 0.1) is 12.3 Å². The molecule has 0 saturated heterocycles. The van der Waals surface area contributed by atoms with Gasteiger partial charge < -0.3 is 4.74 Å². The zero-order valence-electron chi connectivity index (χ0n) is 12.9. The van der Waals surface area contributed by atoms with Crippen LogP contribution >= 0.6 is 0 Å². The Morgan fingerprint density at radius 2 is 1.90 bits per heavy atom. The quantitative estimate of drug-likeness (QED) is 0.792. The SMILES string of the molecule is CCOC(=O)c1nc(C(C)C(C)C)n(-c2ccccc2)n1. The molecule has 21 heavy (non-hydrogen) atoms. The summed E-state index contributed by atoms with van der Waals surface area (Å²) in [7, 11) is 0. The second kappa shape index (κ2) is 6.52. The van der Waals surface area contributed by atoms with Gasteiger partial charge in [-0.15, -0.1) is 5.10 Å². The zero-order chi connectivity index (χ0) is 15.4. The zero-order valence-corrected chi connectivity index (χ0v) is 12.9. The first-order valence-corrected chi connectivity index (χ1v) is 7.24. The fourth-order valence-corrected chi connectivity index (χ4v) is 1.96. The second-order valence-corrected chi connectivity index (χ2v) is 5.29. The van der Waals surface area contributed by atoms with Crippen molar-refractivity contribution >= 4 is 5.97 Å². The van der Waals surface area contributed by atoms with Crippen molar-refractivity contribution in [1.29, 1.82) is 0 Å². The maximum absolute atomic E-state index is 11.9. The number of hydrogen-bond acceptors (Lipinski definition) is 4. The van der Waals surface area contributed by atoms with Crippen molar-refractivity contribution in [1.82, 2.24) is 14.8 Å². The molecule has 0 N–H and O–H groups in total. The Kier molecular flexibility index (Phi) is 4.73. The number of hydrogen-bond donors (Lipinski definition) is 0. The third-order valence-electron chi connectivity index (χ3n) is 3.50. The number of ether oxygens (including phenoxy) is 1. The Hall–Kier alpha value is -2.17. The van der Waals surface area contributed by atoms with Crippen LogP contribution in [0.5, 0.6) is 0 Å². The first-order valence-electron chi connectivity index (χ1n) is 7.24. The molecule has 1 aromatic carbocycles. The normalized spacial score (nSPS) is 12.4. The molecule has 112 valence electrons. The summed E-state index contributed by atoms with van der Waals surface area (Å²) in [6, 6.07) is 9.70. The van der Waals surface area contributed by atoms with E-state index in [4.69, 9.17) is 4.74 Å². The monoisotopic (exact) mass is 287 g/mol. The van der Waals surface area contributed by atoms with Crippen molar-refractivity contribution in [3.8, 4) is 5.69 Å². The number of nitrogens with zero attached hydrogens (tertiary/aromatic N) is 3. The molecule has 0 amide bonds. The summed E-state index contributed by atoms with van der Waals surface area (Å²) in [4.78, 5) is 16.3. The second-order valence-electron chi connectivity index (χ2n) is 5.29. The van der Waals surface area contributed by atoms with Crippen molar-refractivity contribution in [2.24, 2.45) is 5.92 Å². The van der Waals surface area contributed by atoms with Gasteiger partial charge in [-0.3, -0.25) is 0 Å². The van der Waals surface area contributed by atoms with Crippen LogP contribution in [-0.4, -0.2) is 27.3 Å². The van der Waals surface area contributed by atoms with Crippen molar-refractivity contribution in [2.75, 3.05) is 6.61 Å². The number of esters is 1. The summed E-state index contributed by atoms with van der Waals surface area (Å²) in [6.07, 6.45) is 0. The molecule has 0 aliphatic rings. The lowest BCUT2D eigenvalue weighted by atomic mass is 9.97. The Bertz CT molecular complexity index is 605. The van der Waals surface area contributed by atoms with Crippen LogP contribution in [0.2, 0.25) is 0 Å². The molecule has 0 saturated carbocycles. The van der Waals surface area contributed by atoms with Crippen LogP contribution in [0.4, 0.5) is 0 Å². The van der Waals surface area contributed by atoms with Crippen LogP contribution < -0.4 is 0 Å². The van der Waals surface area contributed by atoms with Crippen LogP contribution in [0.15, 0.2) is 30.3 Å². The Balaban J connectivity index is 2.48. The third-order valence-corrected chi connectivity index (χ3v) is 3.50. The van der Waals surface area contributed by atoms with Crippen LogP contribution in [0, 0.1) is 5.92 Å². The number of rotatable bonds is 5. The van der Waals surface area contributed by atoms with Crippen LogP contribution in [0.3, 0.4) is 0 Å². The van der Waals surface area contributed by atoms with Gasteiger partial charge in [-0.05, 0) is 25.0 Å². The number of carbonyl (C=O) groups is 1. The van der Waals surface area contributed by atoms with Gasteiger partial charge in [-0.25, -0.2) is 14.5 Å². The maximum Gasteiger partial charge on any atom is 0.378 e. The number of carbonyl (C=O) groups excluding carboxylic acids is 1. The van der Waals surface area contributed by atoms with E-state index in [1.54, 1.807) is 11.6 Å². The highest BCUT2D eigenvalue weighted by atomic mass is 16.5. The Morgan fingerprint density at radius 3 is 2.48 bits per heavy atom. The Labute approximate surface area is 125 Å². The summed E-state index contributed by atoms with van der Waals surface area (Å²) in [5.41, 5.74) is 0.892. The summed E-state index contributed by atoms with van der Waals surface area (Å²) < 4.78 is 6.73. The van der Waals surface area contributed by atoms with Gasteiger partial charge in [0, 0.05) is 5.92 Å². The lowest BCUT2D eigenvalue weighted by Gasteiger charge is -2.15. The lowest BCUT2D eigenvalue weighted by molar-refractivity contribution is 0.0512. The van der Waals surface area contributed by atoms with E-state index in [-0.39, 0.29) is 11.7 Å². The summed E-state index contributed by atoms with van der Waals surface area (Å²) in [5, 5.41) is 4.33. The minimum atomic E-state index is -0.482. The van der Waals surface area contributed by atoms with E-state index in [2.05, 4.69) is 30.9 Å². The van der Waals surface area contributed by atoms with E-state index in [1.807, 2.05) is 30.3 Å². The van der Waals surface area contributed by atoms with Crippen molar-refractivity contribution in [2.45, 2.75) is 33.6 Å². The van der Waals surface area contributed by atoms with Gasteiger partial charge in [0.1, 0.15) is 5.82 Å². The van der Waals surface area contributed by atoms with Gasteiger partial charge in [0.25, 0.3) is 5.82 Å². The van der Waals surface area contributed by atoms with E-state index in [1.165, 1.54) is 0 Å². The molecule has 1 atom stereocenters. The molecule has 0 aliphatic carbocycles. The van der Waals surface area contributed by atoms with Crippen LogP contribution in [0.1, 0.15) is 50.1 Å². The third kappa shape index (κ3) is 3.29. The molecule has 0 aliphatic heterocycles. The number of aromatic nitrogens is 3. The molecule has 0 bridgehead atoms. The number of para-hydroxylation sites is 1. The topological polar surface area (TPSA) is 57.0 Å². The van der Waals surface area contributed by atoms with Crippen LogP contribution in [0.25, 0.3) is 5.69 Å². The first kappa shape index (κ1) is 15.2. The summed E-state index contributed by atoms with van der Waals surface area (Å²) in [6.45, 7) is 8.41.